The van der Waals surface area contributed by atoms with Crippen LogP contribution in [0.15, 0.2) is 48.5 Å². The normalized spacial score (nSPS) is 24.6. The number of rotatable bonds is 8. The van der Waals surface area contributed by atoms with Crippen molar-refractivity contribution >= 4 is 21.7 Å². The standard InChI is InChI=1S/C28H38N4O4S/c1-19(2)31(3)22-13-14-26(21(17-22)18-37(4,35)36)32-16-15-25(28(32)34)30-27(33)24-12-8-11-23(29-24)20-9-6-5-7-10-20/h5-12,19,21-22,25-26H,13-18H2,1-4H3,(H,30,33)/t21-,22-,25+,26+/m1/s1. The van der Waals surface area contributed by atoms with Crippen LogP contribution in [-0.4, -0.2) is 84.8 Å². The number of hydrogen-bond acceptors (Lipinski definition) is 6. The number of nitrogens with one attached hydrogen (secondary N) is 1. The van der Waals surface area contributed by atoms with Gasteiger partial charge in [0.2, 0.25) is 5.91 Å². The number of likely N-dealkylation sites (tertiary alicyclic amines) is 1. The smallest absolute Gasteiger partial charge is 0.270 e. The first kappa shape index (κ1) is 27.3. The Kier molecular flexibility index (Phi) is 8.33. The second-order valence-corrected chi connectivity index (χ2v) is 13.0. The zero-order chi connectivity index (χ0) is 26.7. The van der Waals surface area contributed by atoms with E-state index in [-0.39, 0.29) is 35.2 Å². The van der Waals surface area contributed by atoms with E-state index in [0.29, 0.717) is 30.7 Å². The van der Waals surface area contributed by atoms with Crippen LogP contribution < -0.4 is 5.32 Å². The molecule has 1 aromatic carbocycles. The molecule has 9 heteroatoms. The Bertz CT molecular complexity index is 1220. The molecule has 1 aliphatic carbocycles. The van der Waals surface area contributed by atoms with E-state index >= 15 is 0 Å². The first-order valence-electron chi connectivity index (χ1n) is 13.1. The van der Waals surface area contributed by atoms with Crippen LogP contribution in [0.2, 0.25) is 0 Å². The number of nitrogens with zero attached hydrogens (tertiary/aromatic N) is 3. The highest BCUT2D eigenvalue weighted by Gasteiger charge is 2.43. The lowest BCUT2D eigenvalue weighted by molar-refractivity contribution is -0.133. The third kappa shape index (κ3) is 6.57. The summed E-state index contributed by atoms with van der Waals surface area (Å²) in [5.41, 5.74) is 1.87. The van der Waals surface area contributed by atoms with E-state index in [0.717, 1.165) is 24.8 Å². The van der Waals surface area contributed by atoms with Crippen molar-refractivity contribution in [3.63, 3.8) is 0 Å². The fourth-order valence-electron chi connectivity index (χ4n) is 5.72. The van der Waals surface area contributed by atoms with Crippen molar-refractivity contribution in [3.8, 4) is 11.3 Å². The van der Waals surface area contributed by atoms with Gasteiger partial charge in [0.05, 0.1) is 11.4 Å². The average Bonchev–Trinajstić information content (AvgIpc) is 3.22. The number of amides is 2. The highest BCUT2D eigenvalue weighted by Crippen LogP contribution is 2.35. The molecular formula is C28H38N4O4S. The number of carbonyl (C=O) groups excluding carboxylic acids is 2. The van der Waals surface area contributed by atoms with Gasteiger partial charge in [-0.25, -0.2) is 13.4 Å². The largest absolute Gasteiger partial charge is 0.339 e. The highest BCUT2D eigenvalue weighted by atomic mass is 32.2. The molecule has 4 rings (SSSR count). The predicted molar refractivity (Wildman–Crippen MR) is 145 cm³/mol. The fraction of sp³-hybridized carbons (Fsp3) is 0.536. The van der Waals surface area contributed by atoms with Gasteiger partial charge in [-0.15, -0.1) is 0 Å². The van der Waals surface area contributed by atoms with Crippen LogP contribution in [0.1, 0.15) is 50.0 Å². The Morgan fingerprint density at radius 3 is 2.51 bits per heavy atom. The van der Waals surface area contributed by atoms with Crippen LogP contribution in [0.4, 0.5) is 0 Å². The number of pyridine rings is 1. The molecule has 200 valence electrons. The van der Waals surface area contributed by atoms with Crippen LogP contribution in [-0.2, 0) is 14.6 Å². The Hall–Kier alpha value is -2.78. The minimum atomic E-state index is -3.20. The maximum Gasteiger partial charge on any atom is 0.270 e. The van der Waals surface area contributed by atoms with Crippen molar-refractivity contribution in [1.82, 2.24) is 20.1 Å². The number of benzene rings is 1. The van der Waals surface area contributed by atoms with E-state index in [1.54, 1.807) is 12.1 Å². The minimum absolute atomic E-state index is 0.0666. The molecule has 37 heavy (non-hydrogen) atoms. The molecule has 2 amide bonds. The van der Waals surface area contributed by atoms with E-state index < -0.39 is 15.9 Å². The van der Waals surface area contributed by atoms with Gasteiger partial charge in [0.25, 0.3) is 5.91 Å². The lowest BCUT2D eigenvalue weighted by atomic mass is 9.81. The van der Waals surface area contributed by atoms with Crippen LogP contribution in [0.3, 0.4) is 0 Å². The van der Waals surface area contributed by atoms with Gasteiger partial charge in [-0.1, -0.05) is 36.4 Å². The van der Waals surface area contributed by atoms with E-state index in [9.17, 15) is 18.0 Å². The first-order valence-corrected chi connectivity index (χ1v) is 15.1. The fourth-order valence-corrected chi connectivity index (χ4v) is 6.86. The molecule has 0 radical (unpaired) electrons. The van der Waals surface area contributed by atoms with E-state index in [2.05, 4.69) is 36.1 Å². The minimum Gasteiger partial charge on any atom is -0.339 e. The summed E-state index contributed by atoms with van der Waals surface area (Å²) in [6, 6.07) is 14.8. The number of aromatic nitrogens is 1. The van der Waals surface area contributed by atoms with Gasteiger partial charge < -0.3 is 15.1 Å². The quantitative estimate of drug-likeness (QED) is 0.568. The van der Waals surface area contributed by atoms with Crippen molar-refractivity contribution in [1.29, 1.82) is 0 Å². The van der Waals surface area contributed by atoms with Crippen LogP contribution >= 0.6 is 0 Å². The summed E-state index contributed by atoms with van der Waals surface area (Å²) >= 11 is 0. The topological polar surface area (TPSA) is 99.7 Å². The lowest BCUT2D eigenvalue weighted by Gasteiger charge is -2.44. The summed E-state index contributed by atoms with van der Waals surface area (Å²) in [5.74, 6) is -0.575. The maximum absolute atomic E-state index is 13.4. The maximum atomic E-state index is 13.4. The van der Waals surface area contributed by atoms with Gasteiger partial charge in [0.15, 0.2) is 0 Å². The SMILES string of the molecule is CC(C)N(C)[C@@H]1CC[C@H](N2CC[C@H](NC(=O)c3cccc(-c4ccccc4)n3)C2=O)[C@@H](CS(C)(=O)=O)C1. The van der Waals surface area contributed by atoms with Crippen molar-refractivity contribution in [2.45, 2.75) is 63.7 Å². The highest BCUT2D eigenvalue weighted by molar-refractivity contribution is 7.90. The summed E-state index contributed by atoms with van der Waals surface area (Å²) in [5, 5.41) is 2.88. The Morgan fingerprint density at radius 2 is 1.84 bits per heavy atom. The Balaban J connectivity index is 1.45. The summed E-state index contributed by atoms with van der Waals surface area (Å²) < 4.78 is 24.5. The van der Waals surface area contributed by atoms with Gasteiger partial charge in [-0.3, -0.25) is 9.59 Å². The van der Waals surface area contributed by atoms with Crippen molar-refractivity contribution in [2.75, 3.05) is 25.6 Å². The average molecular weight is 527 g/mol. The van der Waals surface area contributed by atoms with Crippen LogP contribution in [0.25, 0.3) is 11.3 Å². The molecule has 2 heterocycles. The van der Waals surface area contributed by atoms with Crippen molar-refractivity contribution in [2.24, 2.45) is 5.92 Å². The molecule has 0 unspecified atom stereocenters. The summed E-state index contributed by atoms with van der Waals surface area (Å²) in [4.78, 5) is 35.1. The molecule has 4 atom stereocenters. The zero-order valence-corrected chi connectivity index (χ0v) is 22.9. The molecule has 2 aliphatic rings. The third-order valence-electron chi connectivity index (χ3n) is 7.82. The van der Waals surface area contributed by atoms with E-state index in [1.807, 2.05) is 41.3 Å². The summed E-state index contributed by atoms with van der Waals surface area (Å²) in [7, 11) is -1.12. The molecule has 8 nitrogen and oxygen atoms in total. The molecule has 1 aromatic heterocycles. The Labute approximate surface area is 220 Å². The van der Waals surface area contributed by atoms with Crippen LogP contribution in [0.5, 0.6) is 0 Å². The molecule has 1 saturated carbocycles. The molecular weight excluding hydrogens is 488 g/mol. The number of sulfone groups is 1. The first-order chi connectivity index (χ1) is 17.5. The Morgan fingerprint density at radius 1 is 1.11 bits per heavy atom. The van der Waals surface area contributed by atoms with Crippen LogP contribution in [0, 0.1) is 5.92 Å². The molecule has 0 bridgehead atoms. The van der Waals surface area contributed by atoms with Gasteiger partial charge in [0, 0.05) is 36.5 Å². The molecule has 0 spiro atoms. The van der Waals surface area contributed by atoms with Gasteiger partial charge in [-0.2, -0.15) is 0 Å². The predicted octanol–water partition coefficient (Wildman–Crippen LogP) is 3.00. The zero-order valence-electron chi connectivity index (χ0n) is 22.1. The monoisotopic (exact) mass is 526 g/mol. The van der Waals surface area contributed by atoms with E-state index in [1.165, 1.54) is 6.26 Å². The molecule has 1 aliphatic heterocycles. The second kappa shape index (κ2) is 11.3. The third-order valence-corrected chi connectivity index (χ3v) is 8.85. The summed E-state index contributed by atoms with van der Waals surface area (Å²) in [6.45, 7) is 4.79. The lowest BCUT2D eigenvalue weighted by Crippen LogP contribution is -2.53. The van der Waals surface area contributed by atoms with Gasteiger partial charge >= 0.3 is 0 Å². The van der Waals surface area contributed by atoms with Gasteiger partial charge in [-0.05, 0) is 64.6 Å². The number of carbonyl (C=O) groups is 2. The molecule has 2 fully saturated rings. The number of hydrogen-bond donors (Lipinski definition) is 1. The molecule has 1 saturated heterocycles. The summed E-state index contributed by atoms with van der Waals surface area (Å²) in [6.07, 6.45) is 4.18. The van der Waals surface area contributed by atoms with E-state index in [4.69, 9.17) is 0 Å². The molecule has 1 N–H and O–H groups in total. The van der Waals surface area contributed by atoms with Crippen molar-refractivity contribution in [3.05, 3.63) is 54.2 Å². The second-order valence-electron chi connectivity index (χ2n) is 10.8. The van der Waals surface area contributed by atoms with Crippen molar-refractivity contribution < 1.29 is 18.0 Å². The molecule has 2 aromatic rings. The van der Waals surface area contributed by atoms with Gasteiger partial charge in [0.1, 0.15) is 21.6 Å².